The number of rotatable bonds is 3. The molecule has 0 aromatic heterocycles. The van der Waals surface area contributed by atoms with E-state index in [-0.39, 0.29) is 11.3 Å². The van der Waals surface area contributed by atoms with Crippen LogP contribution in [0.4, 0.5) is 4.39 Å². The van der Waals surface area contributed by atoms with Crippen LogP contribution in [-0.2, 0) is 4.74 Å². The van der Waals surface area contributed by atoms with Crippen molar-refractivity contribution in [2.45, 2.75) is 0 Å². The van der Waals surface area contributed by atoms with Gasteiger partial charge in [-0.1, -0.05) is 0 Å². The zero-order chi connectivity index (χ0) is 12.3. The Hall–Kier alpha value is -1.60. The Bertz CT molecular complexity index is 407. The molecule has 0 bridgehead atoms. The molecule has 0 saturated carbocycles. The van der Waals surface area contributed by atoms with E-state index in [1.165, 1.54) is 7.11 Å². The molecule has 0 saturated heterocycles. The first-order valence-corrected chi connectivity index (χ1v) is 4.33. The first-order valence-electron chi connectivity index (χ1n) is 4.33. The molecule has 0 atom stereocenters. The molecule has 7 heteroatoms. The Morgan fingerprint density at radius 3 is 2.44 bits per heavy atom. The second kappa shape index (κ2) is 4.95. The van der Waals surface area contributed by atoms with E-state index >= 15 is 0 Å². The summed E-state index contributed by atoms with van der Waals surface area (Å²) >= 11 is 0. The third kappa shape index (κ3) is 2.31. The smallest absolute Gasteiger partial charge is 0.491 e. The molecule has 1 aromatic rings. The molecule has 0 amide bonds. The molecule has 16 heavy (non-hydrogen) atoms. The topological polar surface area (TPSA) is 76.0 Å². The van der Waals surface area contributed by atoms with Crippen molar-refractivity contribution in [1.82, 2.24) is 0 Å². The van der Waals surface area contributed by atoms with Crippen LogP contribution in [0.25, 0.3) is 0 Å². The summed E-state index contributed by atoms with van der Waals surface area (Å²) in [5.74, 6) is -1.91. The number of ether oxygens (including phenoxy) is 2. The van der Waals surface area contributed by atoms with Gasteiger partial charge in [0.15, 0.2) is 11.6 Å². The van der Waals surface area contributed by atoms with Crippen LogP contribution in [0, 0.1) is 5.82 Å². The molecule has 0 aliphatic carbocycles. The summed E-state index contributed by atoms with van der Waals surface area (Å²) in [4.78, 5) is 11.2. The highest BCUT2D eigenvalue weighted by Crippen LogP contribution is 2.17. The van der Waals surface area contributed by atoms with Gasteiger partial charge < -0.3 is 19.5 Å². The van der Waals surface area contributed by atoms with Crippen molar-refractivity contribution in [2.75, 3.05) is 14.2 Å². The highest BCUT2D eigenvalue weighted by molar-refractivity contribution is 6.58. The van der Waals surface area contributed by atoms with E-state index in [4.69, 9.17) is 10.0 Å². The number of hydrogen-bond donors (Lipinski definition) is 2. The average molecular weight is 228 g/mol. The Labute approximate surface area is 91.6 Å². The van der Waals surface area contributed by atoms with Gasteiger partial charge in [-0.3, -0.25) is 0 Å². The average Bonchev–Trinajstić information content (AvgIpc) is 2.27. The van der Waals surface area contributed by atoms with Gasteiger partial charge in [0.05, 0.1) is 19.8 Å². The van der Waals surface area contributed by atoms with E-state index < -0.39 is 24.4 Å². The zero-order valence-electron chi connectivity index (χ0n) is 8.73. The predicted octanol–water partition coefficient (Wildman–Crippen LogP) is -0.699. The van der Waals surface area contributed by atoms with Crippen molar-refractivity contribution in [1.29, 1.82) is 0 Å². The van der Waals surface area contributed by atoms with E-state index in [0.29, 0.717) is 0 Å². The minimum absolute atomic E-state index is 0.0242. The van der Waals surface area contributed by atoms with Crippen molar-refractivity contribution in [3.63, 3.8) is 0 Å². The molecule has 0 radical (unpaired) electrons. The number of methoxy groups -OCH3 is 2. The number of esters is 1. The molecule has 0 heterocycles. The summed E-state index contributed by atoms with van der Waals surface area (Å²) in [6.45, 7) is 0. The molecule has 0 spiro atoms. The zero-order valence-corrected chi connectivity index (χ0v) is 8.73. The minimum Gasteiger partial charge on any atom is -0.494 e. The van der Waals surface area contributed by atoms with Crippen LogP contribution in [0.1, 0.15) is 10.4 Å². The number of hydrogen-bond acceptors (Lipinski definition) is 5. The quantitative estimate of drug-likeness (QED) is 0.528. The first-order chi connectivity index (χ1) is 7.51. The van der Waals surface area contributed by atoms with Gasteiger partial charge in [-0.05, 0) is 12.1 Å². The maximum atomic E-state index is 13.5. The number of carbonyl (C=O) groups excluding carboxylic acids is 1. The Kier molecular flexibility index (Phi) is 3.86. The number of halogens is 1. The van der Waals surface area contributed by atoms with Gasteiger partial charge in [0.2, 0.25) is 0 Å². The van der Waals surface area contributed by atoms with Crippen LogP contribution >= 0.6 is 0 Å². The second-order valence-corrected chi connectivity index (χ2v) is 2.95. The largest absolute Gasteiger partial charge is 0.494 e. The van der Waals surface area contributed by atoms with Crippen LogP contribution in [0.2, 0.25) is 0 Å². The Morgan fingerprint density at radius 1 is 1.38 bits per heavy atom. The van der Waals surface area contributed by atoms with Crippen LogP contribution in [0.3, 0.4) is 0 Å². The van der Waals surface area contributed by atoms with Gasteiger partial charge in [-0.25, -0.2) is 9.18 Å². The fraction of sp³-hybridized carbons (Fsp3) is 0.222. The molecule has 2 N–H and O–H groups in total. The third-order valence-corrected chi connectivity index (χ3v) is 1.99. The SMILES string of the molecule is COC(=O)c1cc(OC)c(F)c(B(O)O)c1. The number of carbonyl (C=O) groups is 1. The minimum atomic E-state index is -2.03. The standard InChI is InChI=1S/C9H10BFO5/c1-15-7-4-5(9(12)16-2)3-6(8(7)11)10(13)14/h3-4,13-14H,1-2H3. The maximum Gasteiger partial charge on any atom is 0.491 e. The fourth-order valence-electron chi connectivity index (χ4n) is 1.19. The summed E-state index contributed by atoms with van der Waals surface area (Å²) < 4.78 is 22.6. The molecule has 1 rings (SSSR count). The summed E-state index contributed by atoms with van der Waals surface area (Å²) in [5.41, 5.74) is -0.469. The molecule has 0 fully saturated rings. The fourth-order valence-corrected chi connectivity index (χ4v) is 1.19. The van der Waals surface area contributed by atoms with E-state index in [1.807, 2.05) is 0 Å². The Morgan fingerprint density at radius 2 is 2.00 bits per heavy atom. The van der Waals surface area contributed by atoms with Gasteiger partial charge in [0, 0.05) is 5.46 Å². The first kappa shape index (κ1) is 12.5. The van der Waals surface area contributed by atoms with E-state index in [1.54, 1.807) is 0 Å². The van der Waals surface area contributed by atoms with Crippen LogP contribution in [-0.4, -0.2) is 37.4 Å². The molecule has 0 aliphatic heterocycles. The normalized spacial score (nSPS) is 9.81. The molecule has 1 aromatic carbocycles. The molecule has 0 unspecified atom stereocenters. The van der Waals surface area contributed by atoms with Crippen molar-refractivity contribution in [3.05, 3.63) is 23.5 Å². The lowest BCUT2D eigenvalue weighted by Gasteiger charge is -2.09. The maximum absolute atomic E-state index is 13.5. The highest BCUT2D eigenvalue weighted by atomic mass is 19.1. The molecule has 0 aliphatic rings. The van der Waals surface area contributed by atoms with E-state index in [2.05, 4.69) is 9.47 Å². The van der Waals surface area contributed by atoms with Crippen LogP contribution in [0.5, 0.6) is 5.75 Å². The van der Waals surface area contributed by atoms with Gasteiger partial charge in [-0.2, -0.15) is 0 Å². The lowest BCUT2D eigenvalue weighted by atomic mass is 9.79. The van der Waals surface area contributed by atoms with Crippen molar-refractivity contribution < 1.29 is 28.7 Å². The third-order valence-electron chi connectivity index (χ3n) is 1.99. The molecular weight excluding hydrogens is 218 g/mol. The predicted molar refractivity (Wildman–Crippen MR) is 54.1 cm³/mol. The number of benzene rings is 1. The van der Waals surface area contributed by atoms with Gasteiger partial charge >= 0.3 is 13.1 Å². The van der Waals surface area contributed by atoms with Gasteiger partial charge in [0.25, 0.3) is 0 Å². The van der Waals surface area contributed by atoms with Crippen LogP contribution < -0.4 is 10.2 Å². The molecule has 86 valence electrons. The highest BCUT2D eigenvalue weighted by Gasteiger charge is 2.23. The molecular formula is C9H10BFO5. The lowest BCUT2D eigenvalue weighted by Crippen LogP contribution is -2.34. The van der Waals surface area contributed by atoms with Crippen LogP contribution in [0.15, 0.2) is 12.1 Å². The summed E-state index contributed by atoms with van der Waals surface area (Å²) in [7, 11) is 0.332. The van der Waals surface area contributed by atoms with Crippen molar-refractivity contribution in [3.8, 4) is 5.75 Å². The van der Waals surface area contributed by atoms with Gasteiger partial charge in [-0.15, -0.1) is 0 Å². The Balaban J connectivity index is 3.34. The monoisotopic (exact) mass is 228 g/mol. The summed E-state index contributed by atoms with van der Waals surface area (Å²) in [6.07, 6.45) is 0. The van der Waals surface area contributed by atoms with Gasteiger partial charge in [0.1, 0.15) is 0 Å². The molecule has 5 nitrogen and oxygen atoms in total. The second-order valence-electron chi connectivity index (χ2n) is 2.95. The lowest BCUT2D eigenvalue weighted by molar-refractivity contribution is 0.0600. The summed E-state index contributed by atoms with van der Waals surface area (Å²) in [6, 6.07) is 2.11. The van der Waals surface area contributed by atoms with E-state index in [0.717, 1.165) is 19.2 Å². The summed E-state index contributed by atoms with van der Waals surface area (Å²) in [5, 5.41) is 17.8. The van der Waals surface area contributed by atoms with E-state index in [9.17, 15) is 9.18 Å². The van der Waals surface area contributed by atoms with Crippen molar-refractivity contribution in [2.24, 2.45) is 0 Å². The van der Waals surface area contributed by atoms with Crippen molar-refractivity contribution >= 4 is 18.6 Å².